The molecule has 1 aromatic carbocycles. The molecule has 0 bridgehead atoms. The zero-order valence-corrected chi connectivity index (χ0v) is 16.2. The molecule has 1 aliphatic rings. The van der Waals surface area contributed by atoms with Crippen LogP contribution in [-0.2, 0) is 20.7 Å². The first kappa shape index (κ1) is 19.3. The molecular formula is C17H23BrN2O3S. The van der Waals surface area contributed by atoms with Crippen molar-refractivity contribution >= 4 is 39.5 Å². The number of hydrogen-bond acceptors (Lipinski definition) is 4. The number of nitrogens with zero attached hydrogens (tertiary/aromatic N) is 1. The van der Waals surface area contributed by atoms with E-state index >= 15 is 0 Å². The van der Waals surface area contributed by atoms with Crippen LogP contribution in [-0.4, -0.2) is 60.6 Å². The number of halogens is 1. The molecule has 1 aromatic rings. The van der Waals surface area contributed by atoms with E-state index in [1.807, 2.05) is 31.2 Å². The van der Waals surface area contributed by atoms with Gasteiger partial charge in [-0.15, -0.1) is 11.8 Å². The third-order valence-electron chi connectivity index (χ3n) is 3.69. The maximum atomic E-state index is 12.0. The molecule has 2 amide bonds. The van der Waals surface area contributed by atoms with Crippen LogP contribution in [0.2, 0.25) is 0 Å². The predicted octanol–water partition coefficient (Wildman–Crippen LogP) is 2.09. The Morgan fingerprint density at radius 1 is 1.25 bits per heavy atom. The van der Waals surface area contributed by atoms with Crippen LogP contribution in [0.25, 0.3) is 0 Å². The van der Waals surface area contributed by atoms with Crippen LogP contribution < -0.4 is 5.32 Å². The first-order valence-electron chi connectivity index (χ1n) is 8.01. The van der Waals surface area contributed by atoms with E-state index in [0.29, 0.717) is 37.8 Å². The molecule has 1 saturated heterocycles. The Labute approximate surface area is 155 Å². The second-order valence-electron chi connectivity index (χ2n) is 5.79. The fourth-order valence-corrected chi connectivity index (χ4v) is 3.47. The number of benzene rings is 1. The Kier molecular flexibility index (Phi) is 8.08. The van der Waals surface area contributed by atoms with Crippen molar-refractivity contribution in [1.82, 2.24) is 10.2 Å². The summed E-state index contributed by atoms with van der Waals surface area (Å²) in [6.45, 7) is 4.49. The van der Waals surface area contributed by atoms with E-state index in [1.165, 1.54) is 17.3 Å². The van der Waals surface area contributed by atoms with Gasteiger partial charge in [0.1, 0.15) is 0 Å². The zero-order valence-electron chi connectivity index (χ0n) is 13.8. The zero-order chi connectivity index (χ0) is 17.4. The van der Waals surface area contributed by atoms with Gasteiger partial charge >= 0.3 is 0 Å². The van der Waals surface area contributed by atoms with E-state index in [4.69, 9.17) is 4.74 Å². The Balaban J connectivity index is 1.63. The summed E-state index contributed by atoms with van der Waals surface area (Å²) in [4.78, 5) is 25.8. The number of carbonyl (C=O) groups is 2. The largest absolute Gasteiger partial charge is 0.378 e. The summed E-state index contributed by atoms with van der Waals surface area (Å²) in [5, 5.41) is 2.98. The minimum atomic E-state index is -0.0283. The maximum Gasteiger partial charge on any atom is 0.232 e. The molecule has 24 heavy (non-hydrogen) atoms. The van der Waals surface area contributed by atoms with Gasteiger partial charge in [-0.1, -0.05) is 28.1 Å². The topological polar surface area (TPSA) is 58.6 Å². The van der Waals surface area contributed by atoms with Crippen LogP contribution in [0.4, 0.5) is 0 Å². The minimum Gasteiger partial charge on any atom is -0.378 e. The lowest BCUT2D eigenvalue weighted by molar-refractivity contribution is -0.132. The number of hydrogen-bond donors (Lipinski definition) is 1. The number of nitrogens with one attached hydrogen (secondary N) is 1. The maximum absolute atomic E-state index is 12.0. The van der Waals surface area contributed by atoms with Gasteiger partial charge in [-0.2, -0.15) is 0 Å². The summed E-state index contributed by atoms with van der Waals surface area (Å²) in [5.74, 6) is 0.702. The molecule has 1 aliphatic heterocycles. The Hall–Kier alpha value is -1.05. The van der Waals surface area contributed by atoms with Crippen molar-refractivity contribution < 1.29 is 14.3 Å². The lowest BCUT2D eigenvalue weighted by Gasteiger charge is -2.26. The summed E-state index contributed by atoms with van der Waals surface area (Å²) in [5.41, 5.74) is 1.18. The molecule has 1 fully saturated rings. The quantitative estimate of drug-likeness (QED) is 0.741. The molecule has 7 heteroatoms. The number of ether oxygens (including phenoxy) is 1. The highest BCUT2D eigenvalue weighted by Gasteiger charge is 2.17. The molecule has 0 spiro atoms. The molecule has 0 saturated carbocycles. The first-order chi connectivity index (χ1) is 11.5. The van der Waals surface area contributed by atoms with Crippen molar-refractivity contribution in [2.24, 2.45) is 0 Å². The van der Waals surface area contributed by atoms with Gasteiger partial charge in [0.05, 0.1) is 24.7 Å². The highest BCUT2D eigenvalue weighted by atomic mass is 79.9. The molecule has 132 valence electrons. The third kappa shape index (κ3) is 6.83. The average Bonchev–Trinajstić information content (AvgIpc) is 2.57. The summed E-state index contributed by atoms with van der Waals surface area (Å²) >= 11 is 4.77. The van der Waals surface area contributed by atoms with E-state index in [-0.39, 0.29) is 17.9 Å². The SMILES string of the molecule is CC(Cc1ccc(Br)cc1)NC(=O)CSCC(=O)N1CCOCC1. The number of rotatable bonds is 7. The summed E-state index contributed by atoms with van der Waals surface area (Å²) < 4.78 is 6.27. The molecule has 2 rings (SSSR count). The lowest BCUT2D eigenvalue weighted by atomic mass is 10.1. The van der Waals surface area contributed by atoms with E-state index in [2.05, 4.69) is 21.2 Å². The van der Waals surface area contributed by atoms with Crippen LogP contribution in [0.3, 0.4) is 0 Å². The van der Waals surface area contributed by atoms with Crippen molar-refractivity contribution in [3.63, 3.8) is 0 Å². The second-order valence-corrected chi connectivity index (χ2v) is 7.69. The van der Waals surface area contributed by atoms with Gasteiger partial charge in [0.25, 0.3) is 0 Å². The molecule has 1 N–H and O–H groups in total. The first-order valence-corrected chi connectivity index (χ1v) is 9.96. The molecule has 0 aromatic heterocycles. The van der Waals surface area contributed by atoms with Crippen molar-refractivity contribution in [2.45, 2.75) is 19.4 Å². The molecule has 0 radical (unpaired) electrons. The Morgan fingerprint density at radius 3 is 2.58 bits per heavy atom. The molecule has 1 atom stereocenters. The summed E-state index contributed by atoms with van der Waals surface area (Å²) in [7, 11) is 0. The van der Waals surface area contributed by atoms with E-state index in [9.17, 15) is 9.59 Å². The molecule has 0 aliphatic carbocycles. The standard InChI is InChI=1S/C17H23BrN2O3S/c1-13(10-14-2-4-15(18)5-3-14)19-16(21)11-24-12-17(22)20-6-8-23-9-7-20/h2-5,13H,6-12H2,1H3,(H,19,21). The fraction of sp³-hybridized carbons (Fsp3) is 0.529. The predicted molar refractivity (Wildman–Crippen MR) is 100 cm³/mol. The smallest absolute Gasteiger partial charge is 0.232 e. The number of morpholine rings is 1. The summed E-state index contributed by atoms with van der Waals surface area (Å²) in [6.07, 6.45) is 0.788. The van der Waals surface area contributed by atoms with Crippen LogP contribution in [0.15, 0.2) is 28.7 Å². The molecular weight excluding hydrogens is 392 g/mol. The number of carbonyl (C=O) groups excluding carboxylic acids is 2. The van der Waals surface area contributed by atoms with Gasteiger partial charge in [-0.3, -0.25) is 9.59 Å². The van der Waals surface area contributed by atoms with Gasteiger partial charge in [-0.05, 0) is 31.0 Å². The van der Waals surface area contributed by atoms with Crippen molar-refractivity contribution in [2.75, 3.05) is 37.8 Å². The Bertz CT molecular complexity index is 547. The second kappa shape index (κ2) is 10.1. The van der Waals surface area contributed by atoms with Gasteiger partial charge < -0.3 is 15.0 Å². The van der Waals surface area contributed by atoms with Crippen molar-refractivity contribution in [3.05, 3.63) is 34.3 Å². The highest BCUT2D eigenvalue weighted by Crippen LogP contribution is 2.12. The minimum absolute atomic E-state index is 0.0283. The monoisotopic (exact) mass is 414 g/mol. The van der Waals surface area contributed by atoms with Gasteiger partial charge in [0.15, 0.2) is 0 Å². The molecule has 5 nitrogen and oxygen atoms in total. The normalized spacial score (nSPS) is 15.8. The molecule has 1 unspecified atom stereocenters. The fourth-order valence-electron chi connectivity index (χ4n) is 2.48. The van der Waals surface area contributed by atoms with Crippen LogP contribution in [0.1, 0.15) is 12.5 Å². The van der Waals surface area contributed by atoms with Gasteiger partial charge in [0, 0.05) is 23.6 Å². The number of amides is 2. The van der Waals surface area contributed by atoms with Crippen LogP contribution in [0.5, 0.6) is 0 Å². The van der Waals surface area contributed by atoms with E-state index in [1.54, 1.807) is 4.90 Å². The van der Waals surface area contributed by atoms with E-state index < -0.39 is 0 Å². The third-order valence-corrected chi connectivity index (χ3v) is 5.13. The van der Waals surface area contributed by atoms with Crippen molar-refractivity contribution in [1.29, 1.82) is 0 Å². The van der Waals surface area contributed by atoms with Gasteiger partial charge in [0.2, 0.25) is 11.8 Å². The lowest BCUT2D eigenvalue weighted by Crippen LogP contribution is -2.42. The number of thioether (sulfide) groups is 1. The van der Waals surface area contributed by atoms with Crippen LogP contribution >= 0.6 is 27.7 Å². The van der Waals surface area contributed by atoms with E-state index in [0.717, 1.165) is 10.9 Å². The van der Waals surface area contributed by atoms with Crippen molar-refractivity contribution in [3.8, 4) is 0 Å². The average molecular weight is 415 g/mol. The van der Waals surface area contributed by atoms with Gasteiger partial charge in [-0.25, -0.2) is 0 Å². The Morgan fingerprint density at radius 2 is 1.92 bits per heavy atom. The highest BCUT2D eigenvalue weighted by molar-refractivity contribution is 9.10. The molecule has 1 heterocycles. The summed E-state index contributed by atoms with van der Waals surface area (Å²) in [6, 6.07) is 8.15. The van der Waals surface area contributed by atoms with Crippen LogP contribution in [0, 0.1) is 0 Å².